The van der Waals surface area contributed by atoms with E-state index >= 15 is 0 Å². The molecule has 2 rings (SSSR count). The number of carboxylic acid groups (broad SMARTS) is 1. The van der Waals surface area contributed by atoms with Crippen LogP contribution in [0, 0.1) is 11.3 Å². The molecule has 0 heterocycles. The number of carbonyl (C=O) groups is 2. The van der Waals surface area contributed by atoms with Crippen LogP contribution in [0.4, 0.5) is 5.69 Å². The van der Waals surface area contributed by atoms with Gasteiger partial charge in [0.15, 0.2) is 6.61 Å². The van der Waals surface area contributed by atoms with E-state index in [0.717, 1.165) is 0 Å². The van der Waals surface area contributed by atoms with Crippen LogP contribution in [0.5, 0.6) is 11.5 Å². The lowest BCUT2D eigenvalue weighted by molar-refractivity contribution is -0.139. The monoisotopic (exact) mass is 366 g/mol. The van der Waals surface area contributed by atoms with Gasteiger partial charge in [0, 0.05) is 5.69 Å². The van der Waals surface area contributed by atoms with E-state index in [1.165, 1.54) is 6.08 Å². The molecule has 2 aromatic carbocycles. The Balaban J connectivity index is 2.05. The number of aliphatic carboxylic acids is 1. The quantitative estimate of drug-likeness (QED) is 0.549. The molecule has 2 aromatic rings. The minimum absolute atomic E-state index is 0.0666. The van der Waals surface area contributed by atoms with Gasteiger partial charge in [0.05, 0.1) is 6.61 Å². The lowest BCUT2D eigenvalue weighted by Gasteiger charge is -2.07. The fourth-order valence-electron chi connectivity index (χ4n) is 2.12. The van der Waals surface area contributed by atoms with E-state index in [4.69, 9.17) is 14.6 Å². The third-order valence-electron chi connectivity index (χ3n) is 3.34. The maximum absolute atomic E-state index is 12.3. The number of carboxylic acids is 1. The second kappa shape index (κ2) is 9.63. The fraction of sp³-hybridized carbons (Fsp3) is 0.150. The molecule has 0 aliphatic carbocycles. The van der Waals surface area contributed by atoms with Crippen molar-refractivity contribution in [3.05, 3.63) is 59.7 Å². The first-order valence-corrected chi connectivity index (χ1v) is 8.12. The highest BCUT2D eigenvalue weighted by Gasteiger charge is 2.10. The van der Waals surface area contributed by atoms with Crippen molar-refractivity contribution in [2.75, 3.05) is 18.5 Å². The zero-order valence-electron chi connectivity index (χ0n) is 14.6. The van der Waals surface area contributed by atoms with Crippen LogP contribution in [0.15, 0.2) is 54.1 Å². The molecule has 0 aliphatic rings. The van der Waals surface area contributed by atoms with Gasteiger partial charge in [-0.25, -0.2) is 4.79 Å². The van der Waals surface area contributed by atoms with Gasteiger partial charge in [-0.15, -0.1) is 0 Å². The van der Waals surface area contributed by atoms with Crippen molar-refractivity contribution in [3.63, 3.8) is 0 Å². The number of nitrogens with one attached hydrogen (secondary N) is 1. The number of rotatable bonds is 8. The summed E-state index contributed by atoms with van der Waals surface area (Å²) in [6, 6.07) is 15.1. The zero-order valence-corrected chi connectivity index (χ0v) is 14.6. The average Bonchev–Trinajstić information content (AvgIpc) is 2.67. The lowest BCUT2D eigenvalue weighted by atomic mass is 10.1. The number of hydrogen-bond donors (Lipinski definition) is 2. The molecule has 0 saturated carbocycles. The Labute approximate surface area is 156 Å². The highest BCUT2D eigenvalue weighted by atomic mass is 16.5. The molecule has 7 heteroatoms. The molecule has 1 amide bonds. The largest absolute Gasteiger partial charge is 0.494 e. The van der Waals surface area contributed by atoms with Crippen LogP contribution in [0.25, 0.3) is 6.08 Å². The van der Waals surface area contributed by atoms with E-state index < -0.39 is 18.5 Å². The summed E-state index contributed by atoms with van der Waals surface area (Å²) >= 11 is 0. The first-order chi connectivity index (χ1) is 13.0. The number of ether oxygens (including phenoxy) is 2. The molecule has 0 saturated heterocycles. The fourth-order valence-corrected chi connectivity index (χ4v) is 2.12. The number of benzene rings is 2. The summed E-state index contributed by atoms with van der Waals surface area (Å²) < 4.78 is 10.4. The molecule has 0 unspecified atom stereocenters. The van der Waals surface area contributed by atoms with Crippen LogP contribution in [-0.2, 0) is 9.59 Å². The molecule has 0 aromatic heterocycles. The highest BCUT2D eigenvalue weighted by molar-refractivity contribution is 6.09. The third kappa shape index (κ3) is 6.21. The van der Waals surface area contributed by atoms with E-state index in [2.05, 4.69) is 5.32 Å². The molecule has 0 aliphatic heterocycles. The first-order valence-electron chi connectivity index (χ1n) is 8.12. The highest BCUT2D eigenvalue weighted by Crippen LogP contribution is 2.18. The summed E-state index contributed by atoms with van der Waals surface area (Å²) in [5, 5.41) is 20.5. The van der Waals surface area contributed by atoms with Gasteiger partial charge in [-0.3, -0.25) is 4.79 Å². The predicted octanol–water partition coefficient (Wildman–Crippen LogP) is 3.09. The van der Waals surface area contributed by atoms with E-state index in [1.54, 1.807) is 48.5 Å². The van der Waals surface area contributed by atoms with Crippen LogP contribution in [0.1, 0.15) is 12.5 Å². The van der Waals surface area contributed by atoms with Crippen LogP contribution >= 0.6 is 0 Å². The Morgan fingerprint density at radius 1 is 1.07 bits per heavy atom. The van der Waals surface area contributed by atoms with Crippen LogP contribution < -0.4 is 14.8 Å². The van der Waals surface area contributed by atoms with Gasteiger partial charge >= 0.3 is 5.97 Å². The Morgan fingerprint density at radius 3 is 2.22 bits per heavy atom. The number of nitriles is 1. The lowest BCUT2D eigenvalue weighted by Crippen LogP contribution is -2.13. The maximum Gasteiger partial charge on any atom is 0.341 e. The van der Waals surface area contributed by atoms with Gasteiger partial charge in [0.1, 0.15) is 23.1 Å². The molecule has 0 bridgehead atoms. The molecule has 2 N–H and O–H groups in total. The molecule has 27 heavy (non-hydrogen) atoms. The molecule has 0 fully saturated rings. The first kappa shape index (κ1) is 19.5. The van der Waals surface area contributed by atoms with Crippen LogP contribution in [-0.4, -0.2) is 30.2 Å². The standard InChI is InChI=1S/C20H18N2O5/c1-2-26-17-9-5-16(6-10-17)22-20(25)15(12-21)11-14-3-7-18(8-4-14)27-13-19(23)24/h3-11H,2,13H2,1H3,(H,22,25)(H,23,24)/b15-11-. The Morgan fingerprint density at radius 2 is 1.67 bits per heavy atom. The number of anilines is 1. The van der Waals surface area contributed by atoms with Gasteiger partial charge in [-0.1, -0.05) is 12.1 Å². The average molecular weight is 366 g/mol. The summed E-state index contributed by atoms with van der Waals surface area (Å²) in [5.41, 5.74) is 1.08. The summed E-state index contributed by atoms with van der Waals surface area (Å²) in [5.74, 6) is -0.534. The Kier molecular flexibility index (Phi) is 6.97. The van der Waals surface area contributed by atoms with E-state index in [9.17, 15) is 14.9 Å². The molecule has 0 atom stereocenters. The molecular formula is C20H18N2O5. The molecule has 0 radical (unpaired) electrons. The van der Waals surface area contributed by atoms with Crippen molar-refractivity contribution in [1.82, 2.24) is 0 Å². The van der Waals surface area contributed by atoms with Crippen LogP contribution in [0.3, 0.4) is 0 Å². The number of amides is 1. The number of carbonyl (C=O) groups excluding carboxylic acids is 1. The molecule has 7 nitrogen and oxygen atoms in total. The van der Waals surface area contributed by atoms with Crippen molar-refractivity contribution >= 4 is 23.6 Å². The molecule has 138 valence electrons. The normalized spacial score (nSPS) is 10.6. The van der Waals surface area contributed by atoms with Crippen molar-refractivity contribution < 1.29 is 24.2 Å². The minimum atomic E-state index is -1.07. The Hall–Kier alpha value is -3.79. The summed E-state index contributed by atoms with van der Waals surface area (Å²) in [7, 11) is 0. The van der Waals surface area contributed by atoms with Crippen molar-refractivity contribution in [2.45, 2.75) is 6.92 Å². The van der Waals surface area contributed by atoms with Gasteiger partial charge in [0.2, 0.25) is 0 Å². The summed E-state index contributed by atoms with van der Waals surface area (Å²) in [6.45, 7) is 1.99. The van der Waals surface area contributed by atoms with Gasteiger partial charge in [-0.2, -0.15) is 5.26 Å². The SMILES string of the molecule is CCOc1ccc(NC(=O)/C(C#N)=C\c2ccc(OCC(=O)O)cc2)cc1. The number of hydrogen-bond acceptors (Lipinski definition) is 5. The second-order valence-electron chi connectivity index (χ2n) is 5.33. The molecule has 0 spiro atoms. The van der Waals surface area contributed by atoms with Gasteiger partial charge in [-0.05, 0) is 55.0 Å². The van der Waals surface area contributed by atoms with Crippen molar-refractivity contribution in [1.29, 1.82) is 5.26 Å². The van der Waals surface area contributed by atoms with E-state index in [0.29, 0.717) is 29.4 Å². The van der Waals surface area contributed by atoms with Gasteiger partial charge in [0.25, 0.3) is 5.91 Å². The van der Waals surface area contributed by atoms with E-state index in [-0.39, 0.29) is 5.57 Å². The summed E-state index contributed by atoms with van der Waals surface area (Å²) in [4.78, 5) is 22.8. The zero-order chi connectivity index (χ0) is 19.6. The van der Waals surface area contributed by atoms with Gasteiger partial charge < -0.3 is 19.9 Å². The second-order valence-corrected chi connectivity index (χ2v) is 5.33. The van der Waals surface area contributed by atoms with E-state index in [1.807, 2.05) is 13.0 Å². The smallest absolute Gasteiger partial charge is 0.341 e. The summed E-state index contributed by atoms with van der Waals surface area (Å²) in [6.07, 6.45) is 1.44. The Bertz CT molecular complexity index is 865. The maximum atomic E-state index is 12.3. The topological polar surface area (TPSA) is 109 Å². The number of nitrogens with zero attached hydrogens (tertiary/aromatic N) is 1. The molecular weight excluding hydrogens is 348 g/mol. The van der Waals surface area contributed by atoms with Crippen LogP contribution in [0.2, 0.25) is 0 Å². The third-order valence-corrected chi connectivity index (χ3v) is 3.34. The minimum Gasteiger partial charge on any atom is -0.494 e. The van der Waals surface area contributed by atoms with Crippen molar-refractivity contribution in [2.24, 2.45) is 0 Å². The van der Waals surface area contributed by atoms with Crippen molar-refractivity contribution in [3.8, 4) is 17.6 Å². The predicted molar refractivity (Wildman–Crippen MR) is 99.4 cm³/mol.